The van der Waals surface area contributed by atoms with E-state index in [-0.39, 0.29) is 5.25 Å². The Hall–Kier alpha value is -1.49. The number of benzene rings is 1. The van der Waals surface area contributed by atoms with Gasteiger partial charge in [-0.15, -0.1) is 0 Å². The smallest absolute Gasteiger partial charge is 0.325 e. The first-order chi connectivity index (χ1) is 10.4. The molecule has 0 saturated carbocycles. The third-order valence-electron chi connectivity index (χ3n) is 3.43. The molecule has 120 valence electrons. The summed E-state index contributed by atoms with van der Waals surface area (Å²) in [6.45, 7) is 5.26. The second-order valence-corrected chi connectivity index (χ2v) is 7.02. The van der Waals surface area contributed by atoms with Crippen LogP contribution in [0.25, 0.3) is 0 Å². The standard InChI is InChI=1S/C17H22O4S/c1-4-5-11-22-14(12-9-7-6-8-10-12)13-15(18)20-17(2,3)21-16(13)19/h6-10,13-14H,4-5,11H2,1-3H3. The summed E-state index contributed by atoms with van der Waals surface area (Å²) in [5.74, 6) is -2.20. The molecule has 0 aromatic heterocycles. The SMILES string of the molecule is CCCCSC(c1ccccc1)C1C(=O)OC(C)(C)OC1=O. The van der Waals surface area contributed by atoms with Gasteiger partial charge in [0.2, 0.25) is 0 Å². The molecular formula is C17H22O4S. The van der Waals surface area contributed by atoms with Gasteiger partial charge in [-0.1, -0.05) is 43.7 Å². The molecule has 5 heteroatoms. The maximum atomic E-state index is 12.3. The van der Waals surface area contributed by atoms with Crippen molar-refractivity contribution in [2.45, 2.75) is 44.6 Å². The predicted molar refractivity (Wildman–Crippen MR) is 86.3 cm³/mol. The predicted octanol–water partition coefficient (Wildman–Crippen LogP) is 3.71. The van der Waals surface area contributed by atoms with Gasteiger partial charge in [0, 0.05) is 13.8 Å². The lowest BCUT2D eigenvalue weighted by Crippen LogP contribution is -2.47. The van der Waals surface area contributed by atoms with E-state index in [1.54, 1.807) is 25.6 Å². The van der Waals surface area contributed by atoms with Crippen LogP contribution in [-0.4, -0.2) is 23.5 Å². The molecule has 1 unspecified atom stereocenters. The summed E-state index contributed by atoms with van der Waals surface area (Å²) in [6, 6.07) is 9.60. The van der Waals surface area contributed by atoms with E-state index in [2.05, 4.69) is 6.92 Å². The van der Waals surface area contributed by atoms with Gasteiger partial charge in [0.25, 0.3) is 5.79 Å². The van der Waals surface area contributed by atoms with Crippen molar-refractivity contribution < 1.29 is 19.1 Å². The molecule has 1 aliphatic heterocycles. The van der Waals surface area contributed by atoms with Gasteiger partial charge in [0.05, 0.1) is 5.25 Å². The number of cyclic esters (lactones) is 2. The number of ether oxygens (including phenoxy) is 2. The van der Waals surface area contributed by atoms with Crippen molar-refractivity contribution in [2.24, 2.45) is 5.92 Å². The summed E-state index contributed by atoms with van der Waals surface area (Å²) in [5.41, 5.74) is 0.946. The fraction of sp³-hybridized carbons (Fsp3) is 0.529. The first kappa shape index (κ1) is 16.9. The monoisotopic (exact) mass is 322 g/mol. The van der Waals surface area contributed by atoms with Gasteiger partial charge < -0.3 is 9.47 Å². The minimum absolute atomic E-state index is 0.274. The molecule has 0 radical (unpaired) electrons. The van der Waals surface area contributed by atoms with Crippen molar-refractivity contribution in [3.8, 4) is 0 Å². The van der Waals surface area contributed by atoms with Gasteiger partial charge >= 0.3 is 11.9 Å². The average molecular weight is 322 g/mol. The maximum absolute atomic E-state index is 12.3. The van der Waals surface area contributed by atoms with E-state index >= 15 is 0 Å². The summed E-state index contributed by atoms with van der Waals surface area (Å²) < 4.78 is 10.5. The Bertz CT molecular complexity index is 507. The normalized spacial score (nSPS) is 19.4. The van der Waals surface area contributed by atoms with E-state index in [4.69, 9.17) is 9.47 Å². The maximum Gasteiger partial charge on any atom is 0.325 e. The third-order valence-corrected chi connectivity index (χ3v) is 4.85. The number of thioether (sulfide) groups is 1. The molecule has 1 heterocycles. The Morgan fingerprint density at radius 2 is 1.73 bits per heavy atom. The summed E-state index contributed by atoms with van der Waals surface area (Å²) >= 11 is 1.61. The fourth-order valence-corrected chi connectivity index (χ4v) is 3.83. The Labute approximate surface area is 135 Å². The first-order valence-electron chi connectivity index (χ1n) is 7.57. The lowest BCUT2D eigenvalue weighted by Gasteiger charge is -2.35. The highest BCUT2D eigenvalue weighted by Crippen LogP contribution is 2.41. The molecule has 0 bridgehead atoms. The zero-order valence-corrected chi connectivity index (χ0v) is 14.0. The van der Waals surface area contributed by atoms with Crippen LogP contribution in [0.3, 0.4) is 0 Å². The van der Waals surface area contributed by atoms with E-state index in [1.165, 1.54) is 0 Å². The van der Waals surface area contributed by atoms with Crippen LogP contribution in [0.15, 0.2) is 30.3 Å². The number of carbonyl (C=O) groups is 2. The highest BCUT2D eigenvalue weighted by molar-refractivity contribution is 7.99. The van der Waals surface area contributed by atoms with Crippen LogP contribution in [0, 0.1) is 5.92 Å². The molecule has 22 heavy (non-hydrogen) atoms. The minimum Gasteiger partial charge on any atom is -0.422 e. The van der Waals surface area contributed by atoms with Gasteiger partial charge in [0.1, 0.15) is 0 Å². The zero-order valence-electron chi connectivity index (χ0n) is 13.2. The summed E-state index contributed by atoms with van der Waals surface area (Å²) in [7, 11) is 0. The quantitative estimate of drug-likeness (QED) is 0.454. The summed E-state index contributed by atoms with van der Waals surface area (Å²) in [5, 5.41) is -0.274. The molecule has 1 aromatic rings. The Kier molecular flexibility index (Phi) is 5.51. The van der Waals surface area contributed by atoms with Crippen LogP contribution in [-0.2, 0) is 19.1 Å². The van der Waals surface area contributed by atoms with Crippen molar-refractivity contribution >= 4 is 23.7 Å². The third kappa shape index (κ3) is 4.03. The van der Waals surface area contributed by atoms with Crippen LogP contribution < -0.4 is 0 Å². The van der Waals surface area contributed by atoms with E-state index in [0.29, 0.717) is 0 Å². The first-order valence-corrected chi connectivity index (χ1v) is 8.62. The Balaban J connectivity index is 2.24. The zero-order chi connectivity index (χ0) is 16.2. The number of hydrogen-bond acceptors (Lipinski definition) is 5. The van der Waals surface area contributed by atoms with Crippen molar-refractivity contribution in [1.29, 1.82) is 0 Å². The molecule has 1 atom stereocenters. The number of carbonyl (C=O) groups excluding carboxylic acids is 2. The molecule has 0 aliphatic carbocycles. The van der Waals surface area contributed by atoms with Crippen LogP contribution in [0.5, 0.6) is 0 Å². The molecule has 4 nitrogen and oxygen atoms in total. The highest BCUT2D eigenvalue weighted by Gasteiger charge is 2.47. The largest absolute Gasteiger partial charge is 0.422 e. The van der Waals surface area contributed by atoms with Gasteiger partial charge in [-0.3, -0.25) is 9.59 Å². The van der Waals surface area contributed by atoms with Gasteiger partial charge in [-0.2, -0.15) is 11.8 Å². The minimum atomic E-state index is -1.18. The van der Waals surface area contributed by atoms with Crippen molar-refractivity contribution in [3.63, 3.8) is 0 Å². The van der Waals surface area contributed by atoms with E-state index in [1.807, 2.05) is 30.3 Å². The average Bonchev–Trinajstić information content (AvgIpc) is 2.45. The lowest BCUT2D eigenvalue weighted by molar-refractivity contribution is -0.239. The molecule has 1 aromatic carbocycles. The van der Waals surface area contributed by atoms with Crippen molar-refractivity contribution in [1.82, 2.24) is 0 Å². The van der Waals surface area contributed by atoms with Crippen LogP contribution >= 0.6 is 11.8 Å². The fourth-order valence-electron chi connectivity index (χ4n) is 2.36. The Morgan fingerprint density at radius 1 is 1.14 bits per heavy atom. The molecule has 0 N–H and O–H groups in total. The van der Waals surface area contributed by atoms with Crippen LogP contribution in [0.1, 0.15) is 44.4 Å². The van der Waals surface area contributed by atoms with Crippen molar-refractivity contribution in [2.75, 3.05) is 5.75 Å². The van der Waals surface area contributed by atoms with Crippen LogP contribution in [0.4, 0.5) is 0 Å². The summed E-state index contributed by atoms with van der Waals surface area (Å²) in [4.78, 5) is 24.7. The molecular weight excluding hydrogens is 300 g/mol. The molecule has 2 rings (SSSR count). The van der Waals surface area contributed by atoms with Crippen molar-refractivity contribution in [3.05, 3.63) is 35.9 Å². The molecule has 0 amide bonds. The number of rotatable bonds is 6. The van der Waals surface area contributed by atoms with E-state index in [9.17, 15) is 9.59 Å². The second-order valence-electron chi connectivity index (χ2n) is 5.78. The van der Waals surface area contributed by atoms with E-state index in [0.717, 1.165) is 24.2 Å². The molecule has 1 aliphatic rings. The van der Waals surface area contributed by atoms with Crippen LogP contribution in [0.2, 0.25) is 0 Å². The van der Waals surface area contributed by atoms with Gasteiger partial charge in [-0.25, -0.2) is 0 Å². The topological polar surface area (TPSA) is 52.6 Å². The van der Waals surface area contributed by atoms with E-state index < -0.39 is 23.6 Å². The van der Waals surface area contributed by atoms with Gasteiger partial charge in [-0.05, 0) is 17.7 Å². The molecule has 1 fully saturated rings. The second kappa shape index (κ2) is 7.18. The van der Waals surface area contributed by atoms with Gasteiger partial charge in [0.15, 0.2) is 5.92 Å². The molecule has 1 saturated heterocycles. The number of esters is 2. The molecule has 0 spiro atoms. The number of hydrogen-bond donors (Lipinski definition) is 0. The lowest BCUT2D eigenvalue weighted by atomic mass is 9.97. The Morgan fingerprint density at radius 3 is 2.27 bits per heavy atom. The summed E-state index contributed by atoms with van der Waals surface area (Å²) in [6.07, 6.45) is 2.11. The highest BCUT2D eigenvalue weighted by atomic mass is 32.2. The number of unbranched alkanes of at least 4 members (excludes halogenated alkanes) is 1.